The predicted molar refractivity (Wildman–Crippen MR) is 101 cm³/mol. The lowest BCUT2D eigenvalue weighted by atomic mass is 10.1. The molecule has 144 valence electrons. The van der Waals surface area contributed by atoms with Gasteiger partial charge < -0.3 is 18.9 Å². The summed E-state index contributed by atoms with van der Waals surface area (Å²) in [5, 5.41) is 9.08. The molecule has 0 saturated carbocycles. The summed E-state index contributed by atoms with van der Waals surface area (Å²) in [6, 6.07) is 15.1. The van der Waals surface area contributed by atoms with Crippen LogP contribution in [0.1, 0.15) is 12.5 Å². The van der Waals surface area contributed by atoms with Crippen molar-refractivity contribution >= 4 is 18.0 Å². The number of rotatable bonds is 8. The van der Waals surface area contributed by atoms with Crippen LogP contribution in [-0.4, -0.2) is 32.3 Å². The van der Waals surface area contributed by atoms with Gasteiger partial charge in [0.1, 0.15) is 28.9 Å². The first-order chi connectivity index (χ1) is 13.5. The minimum Gasteiger partial charge on any atom is -0.497 e. The summed E-state index contributed by atoms with van der Waals surface area (Å²) < 4.78 is 20.5. The lowest BCUT2D eigenvalue weighted by molar-refractivity contribution is -0.138. The summed E-state index contributed by atoms with van der Waals surface area (Å²) in [5.74, 6) is 0.0319. The summed E-state index contributed by atoms with van der Waals surface area (Å²) in [4.78, 5) is 23.7. The maximum atomic E-state index is 12.0. The first kappa shape index (κ1) is 20.5. The molecule has 7 nitrogen and oxygen atoms in total. The average molecular weight is 381 g/mol. The predicted octanol–water partition coefficient (Wildman–Crippen LogP) is 3.15. The Morgan fingerprint density at radius 3 is 2.50 bits per heavy atom. The second-order valence-corrected chi connectivity index (χ2v) is 5.40. The van der Waals surface area contributed by atoms with E-state index >= 15 is 0 Å². The number of nitrogens with zero attached hydrogens (tertiary/aromatic N) is 1. The molecule has 2 rings (SSSR count). The molecule has 0 N–H and O–H groups in total. The van der Waals surface area contributed by atoms with E-state index in [-0.39, 0.29) is 24.5 Å². The molecule has 0 aliphatic carbocycles. The van der Waals surface area contributed by atoms with E-state index in [2.05, 4.69) is 0 Å². The number of nitriles is 1. The van der Waals surface area contributed by atoms with Crippen molar-refractivity contribution in [1.29, 1.82) is 5.26 Å². The molecular formula is C21H19NO6. The van der Waals surface area contributed by atoms with Crippen molar-refractivity contribution in [3.63, 3.8) is 0 Å². The topological polar surface area (TPSA) is 94.9 Å². The molecule has 0 saturated heterocycles. The fourth-order valence-electron chi connectivity index (χ4n) is 2.17. The molecule has 0 aliphatic heterocycles. The highest BCUT2D eigenvalue weighted by atomic mass is 16.6. The van der Waals surface area contributed by atoms with Crippen LogP contribution in [0.4, 0.5) is 0 Å². The van der Waals surface area contributed by atoms with Gasteiger partial charge >= 0.3 is 11.9 Å². The van der Waals surface area contributed by atoms with E-state index in [4.69, 9.17) is 24.2 Å². The monoisotopic (exact) mass is 381 g/mol. The molecule has 0 heterocycles. The van der Waals surface area contributed by atoms with E-state index in [0.29, 0.717) is 17.1 Å². The first-order valence-corrected chi connectivity index (χ1v) is 8.42. The molecule has 0 radical (unpaired) electrons. The second-order valence-electron chi connectivity index (χ2n) is 5.40. The highest BCUT2D eigenvalue weighted by molar-refractivity contribution is 5.97. The van der Waals surface area contributed by atoms with Gasteiger partial charge in [0.05, 0.1) is 13.7 Å². The molecule has 0 spiro atoms. The minimum absolute atomic E-state index is 0.147. The van der Waals surface area contributed by atoms with Crippen LogP contribution < -0.4 is 14.2 Å². The zero-order chi connectivity index (χ0) is 20.4. The van der Waals surface area contributed by atoms with Gasteiger partial charge in [0.25, 0.3) is 0 Å². The molecule has 7 heteroatoms. The largest absolute Gasteiger partial charge is 0.497 e. The number of esters is 2. The normalized spacial score (nSPS) is 10.5. The lowest BCUT2D eigenvalue weighted by Gasteiger charge is -2.08. The fraction of sp³-hybridized carbons (Fsp3) is 0.190. The number of ether oxygens (including phenoxy) is 4. The van der Waals surface area contributed by atoms with Crippen molar-refractivity contribution in [1.82, 2.24) is 0 Å². The smallest absolute Gasteiger partial charge is 0.349 e. The molecule has 2 aromatic carbocycles. The van der Waals surface area contributed by atoms with Crippen LogP contribution in [0.3, 0.4) is 0 Å². The van der Waals surface area contributed by atoms with E-state index in [1.54, 1.807) is 55.5 Å². The molecule has 0 fully saturated rings. The third kappa shape index (κ3) is 6.18. The quantitative estimate of drug-likeness (QED) is 0.300. The Balaban J connectivity index is 2.00. The van der Waals surface area contributed by atoms with Crippen LogP contribution >= 0.6 is 0 Å². The van der Waals surface area contributed by atoms with Crippen molar-refractivity contribution < 1.29 is 28.5 Å². The molecular weight excluding hydrogens is 362 g/mol. The van der Waals surface area contributed by atoms with E-state index < -0.39 is 11.9 Å². The van der Waals surface area contributed by atoms with Crippen molar-refractivity contribution in [2.24, 2.45) is 0 Å². The Hall–Kier alpha value is -3.79. The molecule has 0 aromatic heterocycles. The van der Waals surface area contributed by atoms with E-state index in [9.17, 15) is 9.59 Å². The van der Waals surface area contributed by atoms with Gasteiger partial charge in [0.2, 0.25) is 0 Å². The highest BCUT2D eigenvalue weighted by Gasteiger charge is 2.11. The Bertz CT molecular complexity index is 913. The third-order valence-electron chi connectivity index (χ3n) is 3.41. The van der Waals surface area contributed by atoms with Crippen molar-refractivity contribution in [2.45, 2.75) is 6.92 Å². The zero-order valence-electron chi connectivity index (χ0n) is 15.5. The summed E-state index contributed by atoms with van der Waals surface area (Å²) in [6.45, 7) is 1.53. The Morgan fingerprint density at radius 1 is 1.07 bits per heavy atom. The Morgan fingerprint density at radius 2 is 1.79 bits per heavy atom. The van der Waals surface area contributed by atoms with E-state index in [1.165, 1.54) is 19.3 Å². The lowest BCUT2D eigenvalue weighted by Crippen LogP contribution is -2.17. The summed E-state index contributed by atoms with van der Waals surface area (Å²) in [6.07, 6.45) is 1.36. The van der Waals surface area contributed by atoms with Crippen LogP contribution in [0, 0.1) is 11.3 Å². The van der Waals surface area contributed by atoms with Gasteiger partial charge in [-0.15, -0.1) is 0 Å². The molecule has 0 bridgehead atoms. The third-order valence-corrected chi connectivity index (χ3v) is 3.41. The minimum atomic E-state index is -0.709. The van der Waals surface area contributed by atoms with Gasteiger partial charge in [-0.3, -0.25) is 0 Å². The number of hydrogen-bond donors (Lipinski definition) is 0. The molecule has 28 heavy (non-hydrogen) atoms. The number of hydrogen-bond acceptors (Lipinski definition) is 7. The molecule has 0 unspecified atom stereocenters. The van der Waals surface area contributed by atoms with Crippen molar-refractivity contribution in [3.05, 3.63) is 59.7 Å². The Kier molecular flexibility index (Phi) is 7.61. The highest BCUT2D eigenvalue weighted by Crippen LogP contribution is 2.19. The van der Waals surface area contributed by atoms with Gasteiger partial charge in [0, 0.05) is 6.07 Å². The van der Waals surface area contributed by atoms with Crippen molar-refractivity contribution in [3.8, 4) is 23.3 Å². The van der Waals surface area contributed by atoms with E-state index in [0.717, 1.165) is 0 Å². The van der Waals surface area contributed by atoms with Crippen molar-refractivity contribution in [2.75, 3.05) is 20.3 Å². The maximum Gasteiger partial charge on any atom is 0.349 e. The second kappa shape index (κ2) is 10.4. The van der Waals surface area contributed by atoms with Crippen LogP contribution in [-0.2, 0) is 14.3 Å². The molecule has 0 amide bonds. The summed E-state index contributed by atoms with van der Waals surface area (Å²) in [7, 11) is 1.54. The van der Waals surface area contributed by atoms with Crippen LogP contribution in [0.15, 0.2) is 54.1 Å². The SMILES string of the molecule is CCOC(=O)/C(C#N)=C/c1cccc(OC(=O)COc2cccc(OC)c2)c1. The number of carbonyl (C=O) groups is 2. The number of carbonyl (C=O) groups excluding carboxylic acids is 2. The van der Waals surface area contributed by atoms with Crippen LogP contribution in [0.25, 0.3) is 6.08 Å². The van der Waals surface area contributed by atoms with Gasteiger partial charge in [-0.2, -0.15) is 5.26 Å². The molecule has 0 atom stereocenters. The first-order valence-electron chi connectivity index (χ1n) is 8.42. The standard InChI is InChI=1S/C21H19NO6/c1-3-26-21(24)16(13-22)10-15-6-4-9-19(11-15)28-20(23)14-27-18-8-5-7-17(12-18)25-2/h4-12H,3,14H2,1-2H3/b16-10+. The maximum absolute atomic E-state index is 12.0. The van der Waals surface area contributed by atoms with Crippen LogP contribution in [0.5, 0.6) is 17.2 Å². The van der Waals surface area contributed by atoms with Crippen LogP contribution in [0.2, 0.25) is 0 Å². The number of benzene rings is 2. The summed E-state index contributed by atoms with van der Waals surface area (Å²) in [5.41, 5.74) is 0.371. The van der Waals surface area contributed by atoms with Gasteiger partial charge in [-0.1, -0.05) is 18.2 Å². The van der Waals surface area contributed by atoms with Gasteiger partial charge in [-0.25, -0.2) is 9.59 Å². The fourth-order valence-corrected chi connectivity index (χ4v) is 2.17. The van der Waals surface area contributed by atoms with E-state index in [1.807, 2.05) is 0 Å². The Labute approximate surface area is 162 Å². The zero-order valence-corrected chi connectivity index (χ0v) is 15.5. The number of methoxy groups -OCH3 is 1. The summed E-state index contributed by atoms with van der Waals surface area (Å²) >= 11 is 0. The van der Waals surface area contributed by atoms with Gasteiger partial charge in [-0.05, 0) is 42.8 Å². The van der Waals surface area contributed by atoms with Gasteiger partial charge in [0.15, 0.2) is 6.61 Å². The average Bonchev–Trinajstić information content (AvgIpc) is 2.71. The molecule has 0 aliphatic rings. The molecule has 2 aromatic rings.